The van der Waals surface area contributed by atoms with Crippen LogP contribution in [0.3, 0.4) is 0 Å². The normalized spacial score (nSPS) is 21.8. The summed E-state index contributed by atoms with van der Waals surface area (Å²) in [5.41, 5.74) is 9.03. The van der Waals surface area contributed by atoms with E-state index in [0.29, 0.717) is 46.4 Å². The number of aromatic nitrogens is 4. The van der Waals surface area contributed by atoms with E-state index in [2.05, 4.69) is 32.0 Å². The zero-order valence-electron chi connectivity index (χ0n) is 19.6. The highest BCUT2D eigenvalue weighted by molar-refractivity contribution is 6.32. The number of imidazole rings is 1. The second-order valence-electron chi connectivity index (χ2n) is 9.70. The number of hydrogen-bond donors (Lipinski definition) is 3. The minimum Gasteiger partial charge on any atom is -0.383 e. The summed E-state index contributed by atoms with van der Waals surface area (Å²) in [6.45, 7) is 1.35. The van der Waals surface area contributed by atoms with Gasteiger partial charge in [-0.2, -0.15) is 5.10 Å². The number of methoxy groups -OCH3 is 1. The fraction of sp³-hybridized carbons (Fsp3) is 0.480. The lowest BCUT2D eigenvalue weighted by atomic mass is 10.1. The summed E-state index contributed by atoms with van der Waals surface area (Å²) in [5.74, 6) is 6.31. The molecule has 0 bridgehead atoms. The van der Waals surface area contributed by atoms with Crippen molar-refractivity contribution in [1.82, 2.24) is 24.6 Å². The molecule has 0 spiro atoms. The summed E-state index contributed by atoms with van der Waals surface area (Å²) < 4.78 is 9.36. The number of carbonyl (C=O) groups excluding carboxylic acids is 1. The third-order valence-electron chi connectivity index (χ3n) is 6.91. The Hall–Kier alpha value is -3.06. The van der Waals surface area contributed by atoms with Crippen LogP contribution in [0.4, 0.5) is 5.82 Å². The summed E-state index contributed by atoms with van der Waals surface area (Å²) >= 11 is 6.60. The van der Waals surface area contributed by atoms with Crippen molar-refractivity contribution in [2.45, 2.75) is 56.3 Å². The van der Waals surface area contributed by atoms with Gasteiger partial charge in [0.25, 0.3) is 5.91 Å². The Labute approximate surface area is 208 Å². The van der Waals surface area contributed by atoms with Crippen LogP contribution in [0.1, 0.15) is 65.8 Å². The first-order chi connectivity index (χ1) is 17.0. The quantitative estimate of drug-likeness (QED) is 0.436. The number of nitrogens with zero attached hydrogens (tertiary/aromatic N) is 4. The molecular formula is C25H28ClN7O2. The van der Waals surface area contributed by atoms with Gasteiger partial charge in [0.2, 0.25) is 0 Å². The summed E-state index contributed by atoms with van der Waals surface area (Å²) in [6.07, 6.45) is 7.16. The Morgan fingerprint density at radius 1 is 1.29 bits per heavy atom. The first-order valence-corrected chi connectivity index (χ1v) is 12.5. The monoisotopic (exact) mass is 493 g/mol. The number of nitrogens with one attached hydrogen (secondary N) is 2. The number of benzene rings is 1. The topological polar surface area (TPSA) is 112 Å². The molecule has 182 valence electrons. The maximum Gasteiger partial charge on any atom is 0.255 e. The Bertz CT molecular complexity index is 1360. The molecule has 6 rings (SSSR count). The smallest absolute Gasteiger partial charge is 0.255 e. The van der Waals surface area contributed by atoms with Gasteiger partial charge in [0.1, 0.15) is 11.4 Å². The molecule has 2 aromatic heterocycles. The molecule has 1 saturated heterocycles. The summed E-state index contributed by atoms with van der Waals surface area (Å²) in [5, 5.41) is 12.2. The number of hydrogen-bond acceptors (Lipinski definition) is 6. The van der Waals surface area contributed by atoms with E-state index in [9.17, 15) is 4.79 Å². The molecule has 1 aliphatic heterocycles. The van der Waals surface area contributed by atoms with Gasteiger partial charge in [-0.1, -0.05) is 17.5 Å². The lowest BCUT2D eigenvalue weighted by Crippen LogP contribution is -2.25. The maximum atomic E-state index is 12.6. The number of primary amides is 1. The predicted octanol–water partition coefficient (Wildman–Crippen LogP) is 2.84. The van der Waals surface area contributed by atoms with Gasteiger partial charge in [0.15, 0.2) is 5.69 Å². The second-order valence-corrected chi connectivity index (χ2v) is 10.1. The number of ether oxygens (including phenoxy) is 1. The minimum atomic E-state index is -0.548. The highest BCUT2D eigenvalue weighted by Gasteiger charge is 2.33. The second kappa shape index (κ2) is 8.86. The van der Waals surface area contributed by atoms with Crippen LogP contribution in [-0.2, 0) is 4.74 Å². The van der Waals surface area contributed by atoms with E-state index in [4.69, 9.17) is 27.2 Å². The van der Waals surface area contributed by atoms with Crippen LogP contribution in [0.15, 0.2) is 18.5 Å². The third kappa shape index (κ3) is 4.38. The molecule has 0 radical (unpaired) electrons. The number of nitrogens with two attached hydrogens (primary N) is 1. The van der Waals surface area contributed by atoms with Gasteiger partial charge in [-0.15, -0.1) is 0 Å². The van der Waals surface area contributed by atoms with E-state index in [0.717, 1.165) is 36.8 Å². The number of fused-ring (bicyclic) bond motifs is 1. The van der Waals surface area contributed by atoms with Crippen molar-refractivity contribution in [3.05, 3.63) is 40.3 Å². The van der Waals surface area contributed by atoms with E-state index >= 15 is 0 Å². The molecule has 3 heterocycles. The molecule has 2 atom stereocenters. The average Bonchev–Trinajstić information content (AvgIpc) is 3.72. The average molecular weight is 494 g/mol. The van der Waals surface area contributed by atoms with Crippen molar-refractivity contribution in [2.24, 2.45) is 5.73 Å². The first-order valence-electron chi connectivity index (χ1n) is 12.1. The van der Waals surface area contributed by atoms with Crippen molar-refractivity contribution in [2.75, 3.05) is 25.6 Å². The number of amides is 1. The van der Waals surface area contributed by atoms with E-state index in [1.165, 1.54) is 12.8 Å². The molecule has 10 heteroatoms. The van der Waals surface area contributed by atoms with Gasteiger partial charge in [-0.3, -0.25) is 4.79 Å². The van der Waals surface area contributed by atoms with Crippen LogP contribution in [0.2, 0.25) is 5.02 Å². The van der Waals surface area contributed by atoms with Crippen molar-refractivity contribution >= 4 is 34.4 Å². The van der Waals surface area contributed by atoms with Crippen molar-refractivity contribution in [1.29, 1.82) is 0 Å². The molecule has 4 N–H and O–H groups in total. The minimum absolute atomic E-state index is 0.0661. The Balaban J connectivity index is 1.37. The number of halogens is 1. The number of anilines is 1. The molecule has 2 aliphatic carbocycles. The Kier molecular flexibility index (Phi) is 5.67. The molecule has 1 aromatic carbocycles. The van der Waals surface area contributed by atoms with Gasteiger partial charge < -0.3 is 25.7 Å². The van der Waals surface area contributed by atoms with Crippen molar-refractivity contribution in [3.63, 3.8) is 0 Å². The Morgan fingerprint density at radius 2 is 2.11 bits per heavy atom. The van der Waals surface area contributed by atoms with Crippen LogP contribution in [0.25, 0.3) is 11.0 Å². The van der Waals surface area contributed by atoms with E-state index in [-0.39, 0.29) is 12.1 Å². The lowest BCUT2D eigenvalue weighted by molar-refractivity contribution is 0.100. The van der Waals surface area contributed by atoms with Gasteiger partial charge >= 0.3 is 0 Å². The summed E-state index contributed by atoms with van der Waals surface area (Å²) in [7, 11) is 1.70. The molecule has 35 heavy (non-hydrogen) atoms. The molecule has 3 fully saturated rings. The van der Waals surface area contributed by atoms with Crippen LogP contribution in [0, 0.1) is 11.8 Å². The highest BCUT2D eigenvalue weighted by Crippen LogP contribution is 2.38. The third-order valence-corrected chi connectivity index (χ3v) is 7.22. The van der Waals surface area contributed by atoms with Crippen LogP contribution >= 0.6 is 11.6 Å². The van der Waals surface area contributed by atoms with Crippen molar-refractivity contribution < 1.29 is 9.53 Å². The fourth-order valence-electron chi connectivity index (χ4n) is 4.81. The van der Waals surface area contributed by atoms with Gasteiger partial charge in [0.05, 0.1) is 35.0 Å². The zero-order valence-corrected chi connectivity index (χ0v) is 20.3. The van der Waals surface area contributed by atoms with Gasteiger partial charge in [0, 0.05) is 37.3 Å². The molecule has 3 aliphatic rings. The molecule has 9 nitrogen and oxygen atoms in total. The number of rotatable bonds is 7. The predicted molar refractivity (Wildman–Crippen MR) is 134 cm³/mol. The van der Waals surface area contributed by atoms with Gasteiger partial charge in [-0.25, -0.2) is 9.67 Å². The molecule has 1 amide bonds. The number of carbonyl (C=O) groups is 1. The zero-order chi connectivity index (χ0) is 24.1. The SMILES string of the molecule is COC[C@H]1C[C@H](n2nc(C#Cc3cc4ncn(C5CC5)c4cc3Cl)c(C(N)=O)c2NC2CC2)CN1. The summed E-state index contributed by atoms with van der Waals surface area (Å²) in [4.78, 5) is 17.1. The van der Waals surface area contributed by atoms with E-state index in [1.54, 1.807) is 7.11 Å². The standard InChI is InChI=1S/C25H28ClN7O2/c1-35-12-16-9-18(11-28-16)33-25(30-15-3-4-15)23(24(27)34)20(31-33)7-2-14-8-21-22(10-19(14)26)32(13-29-21)17-5-6-17/h8,10,13,15-18,28,30H,3-6,9,11-12H2,1H3,(H2,27,34)/t16-,18+/m1/s1. The molecule has 3 aromatic rings. The highest BCUT2D eigenvalue weighted by atomic mass is 35.5. The first kappa shape index (κ1) is 22.4. The fourth-order valence-corrected chi connectivity index (χ4v) is 5.01. The van der Waals surface area contributed by atoms with E-state index < -0.39 is 5.91 Å². The van der Waals surface area contributed by atoms with Crippen LogP contribution in [0.5, 0.6) is 0 Å². The summed E-state index contributed by atoms with van der Waals surface area (Å²) in [6, 6.07) is 4.95. The molecular weight excluding hydrogens is 466 g/mol. The lowest BCUT2D eigenvalue weighted by Gasteiger charge is -2.15. The molecule has 0 unspecified atom stereocenters. The maximum absolute atomic E-state index is 12.6. The Morgan fingerprint density at radius 3 is 2.83 bits per heavy atom. The van der Waals surface area contributed by atoms with E-state index in [1.807, 2.05) is 23.1 Å². The van der Waals surface area contributed by atoms with Crippen LogP contribution in [-0.4, -0.2) is 57.6 Å². The van der Waals surface area contributed by atoms with Crippen molar-refractivity contribution in [3.8, 4) is 11.8 Å². The largest absolute Gasteiger partial charge is 0.383 e. The molecule has 2 saturated carbocycles. The van der Waals surface area contributed by atoms with Gasteiger partial charge in [-0.05, 0) is 50.2 Å². The van der Waals surface area contributed by atoms with Crippen LogP contribution < -0.4 is 16.4 Å².